The Morgan fingerprint density at radius 2 is 2.19 bits per heavy atom. The van der Waals surface area contributed by atoms with Crippen LogP contribution in [0.4, 0.5) is 0 Å². The second-order valence-electron chi connectivity index (χ2n) is 6.44. The van der Waals surface area contributed by atoms with Gasteiger partial charge in [-0.25, -0.2) is 0 Å². The van der Waals surface area contributed by atoms with Crippen LogP contribution in [0.5, 0.6) is 0 Å². The third kappa shape index (κ3) is 3.67. The standard InChI is InChI=1S/C17H26N2OS/c1-2-13-3-5-15(6-4-13)18-11-17(20)19-9-7-16-14(12-19)8-10-21-16/h8,10,13,15,18H,2-7,9,11-12H2,1H3. The van der Waals surface area contributed by atoms with Gasteiger partial charge in [0.15, 0.2) is 0 Å². The monoisotopic (exact) mass is 306 g/mol. The molecule has 0 spiro atoms. The molecule has 1 aliphatic heterocycles. The molecule has 1 fully saturated rings. The number of fused-ring (bicyclic) bond motifs is 1. The molecule has 2 aliphatic rings. The van der Waals surface area contributed by atoms with Gasteiger partial charge in [-0.2, -0.15) is 0 Å². The molecule has 1 aromatic rings. The molecule has 0 aromatic carbocycles. The molecule has 3 rings (SSSR count). The van der Waals surface area contributed by atoms with Crippen molar-refractivity contribution >= 4 is 17.2 Å². The lowest BCUT2D eigenvalue weighted by atomic mass is 9.84. The van der Waals surface area contributed by atoms with Crippen LogP contribution in [0, 0.1) is 5.92 Å². The van der Waals surface area contributed by atoms with Gasteiger partial charge in [0.05, 0.1) is 6.54 Å². The predicted octanol–water partition coefficient (Wildman–Crippen LogP) is 3.19. The maximum absolute atomic E-state index is 12.4. The molecular formula is C17H26N2OS. The van der Waals surface area contributed by atoms with Crippen molar-refractivity contribution in [1.29, 1.82) is 0 Å². The van der Waals surface area contributed by atoms with Gasteiger partial charge in [0.1, 0.15) is 0 Å². The maximum Gasteiger partial charge on any atom is 0.236 e. The van der Waals surface area contributed by atoms with Crippen molar-refractivity contribution in [3.05, 3.63) is 21.9 Å². The SMILES string of the molecule is CCC1CCC(NCC(=O)N2CCc3sccc3C2)CC1. The third-order valence-electron chi connectivity index (χ3n) is 5.13. The Kier molecular flexibility index (Phi) is 4.96. The van der Waals surface area contributed by atoms with Gasteiger partial charge < -0.3 is 10.2 Å². The number of nitrogens with zero attached hydrogens (tertiary/aromatic N) is 1. The quantitative estimate of drug-likeness (QED) is 0.926. The fourth-order valence-corrected chi connectivity index (χ4v) is 4.47. The average molecular weight is 306 g/mol. The minimum atomic E-state index is 0.268. The number of hydrogen-bond donors (Lipinski definition) is 1. The number of carbonyl (C=O) groups excluding carboxylic acids is 1. The Morgan fingerprint density at radius 3 is 2.95 bits per heavy atom. The van der Waals surface area contributed by atoms with Crippen molar-refractivity contribution in [2.24, 2.45) is 5.92 Å². The molecule has 116 valence electrons. The van der Waals surface area contributed by atoms with Gasteiger partial charge in [-0.15, -0.1) is 11.3 Å². The Labute approximate surface area is 131 Å². The first-order chi connectivity index (χ1) is 10.3. The second kappa shape index (κ2) is 6.93. The number of thiophene rings is 1. The molecule has 0 unspecified atom stereocenters. The van der Waals surface area contributed by atoms with Crippen LogP contribution in [-0.4, -0.2) is 29.9 Å². The lowest BCUT2D eigenvalue weighted by Crippen LogP contribution is -2.44. The molecule has 0 atom stereocenters. The lowest BCUT2D eigenvalue weighted by Gasteiger charge is -2.30. The number of rotatable bonds is 4. The van der Waals surface area contributed by atoms with E-state index in [1.807, 2.05) is 16.2 Å². The molecule has 1 saturated carbocycles. The highest BCUT2D eigenvalue weighted by Crippen LogP contribution is 2.27. The summed E-state index contributed by atoms with van der Waals surface area (Å²) in [6.07, 6.45) is 7.46. The minimum Gasteiger partial charge on any atom is -0.337 e. The van der Waals surface area contributed by atoms with Crippen molar-refractivity contribution in [3.63, 3.8) is 0 Å². The van der Waals surface area contributed by atoms with E-state index in [1.54, 1.807) is 0 Å². The van der Waals surface area contributed by atoms with Crippen LogP contribution in [0.1, 0.15) is 49.5 Å². The number of nitrogens with one attached hydrogen (secondary N) is 1. The van der Waals surface area contributed by atoms with E-state index in [9.17, 15) is 4.79 Å². The zero-order valence-electron chi connectivity index (χ0n) is 12.9. The molecule has 1 amide bonds. The summed E-state index contributed by atoms with van der Waals surface area (Å²) in [6, 6.07) is 2.72. The first-order valence-electron chi connectivity index (χ1n) is 8.32. The van der Waals surface area contributed by atoms with Crippen LogP contribution in [-0.2, 0) is 17.8 Å². The predicted molar refractivity (Wildman–Crippen MR) is 87.5 cm³/mol. The highest BCUT2D eigenvalue weighted by Gasteiger charge is 2.23. The van der Waals surface area contributed by atoms with Crippen molar-refractivity contribution in [2.45, 2.75) is 58.0 Å². The van der Waals surface area contributed by atoms with Gasteiger partial charge >= 0.3 is 0 Å². The van der Waals surface area contributed by atoms with E-state index in [4.69, 9.17) is 0 Å². The van der Waals surface area contributed by atoms with Gasteiger partial charge in [-0.1, -0.05) is 13.3 Å². The van der Waals surface area contributed by atoms with Crippen LogP contribution < -0.4 is 5.32 Å². The lowest BCUT2D eigenvalue weighted by molar-refractivity contribution is -0.131. The van der Waals surface area contributed by atoms with Crippen LogP contribution >= 0.6 is 11.3 Å². The van der Waals surface area contributed by atoms with Crippen molar-refractivity contribution in [3.8, 4) is 0 Å². The summed E-state index contributed by atoms with van der Waals surface area (Å²) in [4.78, 5) is 15.8. The molecule has 4 heteroatoms. The van der Waals surface area contributed by atoms with Crippen LogP contribution in [0.3, 0.4) is 0 Å². The topological polar surface area (TPSA) is 32.3 Å². The smallest absolute Gasteiger partial charge is 0.236 e. The summed E-state index contributed by atoms with van der Waals surface area (Å²) in [5.41, 5.74) is 1.35. The van der Waals surface area contributed by atoms with Crippen molar-refractivity contribution in [1.82, 2.24) is 10.2 Å². The number of carbonyl (C=O) groups is 1. The molecular weight excluding hydrogens is 280 g/mol. The molecule has 2 heterocycles. The van der Waals surface area contributed by atoms with Gasteiger partial charge in [0.25, 0.3) is 0 Å². The fraction of sp³-hybridized carbons (Fsp3) is 0.706. The van der Waals surface area contributed by atoms with E-state index in [0.717, 1.165) is 25.4 Å². The van der Waals surface area contributed by atoms with Crippen molar-refractivity contribution < 1.29 is 4.79 Å². The molecule has 1 N–H and O–H groups in total. The van der Waals surface area contributed by atoms with E-state index in [1.165, 1.54) is 42.5 Å². The molecule has 1 aromatic heterocycles. The Hall–Kier alpha value is -0.870. The first kappa shape index (κ1) is 15.0. The normalized spacial score (nSPS) is 25.7. The Morgan fingerprint density at radius 1 is 1.38 bits per heavy atom. The summed E-state index contributed by atoms with van der Waals surface area (Å²) in [5, 5.41) is 5.63. The largest absolute Gasteiger partial charge is 0.337 e. The van der Waals surface area contributed by atoms with Crippen LogP contribution in [0.2, 0.25) is 0 Å². The fourth-order valence-electron chi connectivity index (χ4n) is 3.58. The van der Waals surface area contributed by atoms with Gasteiger partial charge in [0, 0.05) is 24.0 Å². The van der Waals surface area contributed by atoms with Gasteiger partial charge in [-0.3, -0.25) is 4.79 Å². The highest BCUT2D eigenvalue weighted by atomic mass is 32.1. The van der Waals surface area contributed by atoms with Crippen LogP contribution in [0.25, 0.3) is 0 Å². The number of hydrogen-bond acceptors (Lipinski definition) is 3. The molecule has 0 radical (unpaired) electrons. The minimum absolute atomic E-state index is 0.268. The van der Waals surface area contributed by atoms with Crippen LogP contribution in [0.15, 0.2) is 11.4 Å². The Balaban J connectivity index is 1.43. The zero-order chi connectivity index (χ0) is 14.7. The van der Waals surface area contributed by atoms with E-state index in [0.29, 0.717) is 12.6 Å². The molecule has 3 nitrogen and oxygen atoms in total. The molecule has 0 saturated heterocycles. The van der Waals surface area contributed by atoms with E-state index in [-0.39, 0.29) is 5.91 Å². The summed E-state index contributed by atoms with van der Waals surface area (Å²) in [5.74, 6) is 1.18. The summed E-state index contributed by atoms with van der Waals surface area (Å²) in [7, 11) is 0. The van der Waals surface area contributed by atoms with E-state index in [2.05, 4.69) is 23.7 Å². The van der Waals surface area contributed by atoms with E-state index < -0.39 is 0 Å². The highest BCUT2D eigenvalue weighted by molar-refractivity contribution is 7.10. The average Bonchev–Trinajstić information content (AvgIpc) is 3.00. The maximum atomic E-state index is 12.4. The van der Waals surface area contributed by atoms with Gasteiger partial charge in [-0.05, 0) is 55.0 Å². The van der Waals surface area contributed by atoms with Crippen molar-refractivity contribution in [2.75, 3.05) is 13.1 Å². The third-order valence-corrected chi connectivity index (χ3v) is 6.15. The Bertz CT molecular complexity index is 477. The second-order valence-corrected chi connectivity index (χ2v) is 7.44. The summed E-state index contributed by atoms with van der Waals surface area (Å²) < 4.78 is 0. The summed E-state index contributed by atoms with van der Waals surface area (Å²) in [6.45, 7) is 4.50. The zero-order valence-corrected chi connectivity index (χ0v) is 13.8. The van der Waals surface area contributed by atoms with E-state index >= 15 is 0 Å². The molecule has 21 heavy (non-hydrogen) atoms. The summed E-state index contributed by atoms with van der Waals surface area (Å²) >= 11 is 1.82. The number of amides is 1. The van der Waals surface area contributed by atoms with Gasteiger partial charge in [0.2, 0.25) is 5.91 Å². The molecule has 1 aliphatic carbocycles. The first-order valence-corrected chi connectivity index (χ1v) is 9.20. The molecule has 0 bridgehead atoms.